The Balaban J connectivity index is 1.99. The van der Waals surface area contributed by atoms with Gasteiger partial charge in [0.15, 0.2) is 0 Å². The van der Waals surface area contributed by atoms with Crippen molar-refractivity contribution in [2.24, 2.45) is 0 Å². The number of carbonyl (C=O) groups is 2. The quantitative estimate of drug-likeness (QED) is 0.758. The van der Waals surface area contributed by atoms with Gasteiger partial charge in [0.2, 0.25) is 0 Å². The molecule has 0 spiro atoms. The minimum atomic E-state index is -0.644. The van der Waals surface area contributed by atoms with Crippen LogP contribution in [0.5, 0.6) is 0 Å². The van der Waals surface area contributed by atoms with Gasteiger partial charge in [-0.2, -0.15) is 0 Å². The van der Waals surface area contributed by atoms with E-state index in [1.54, 1.807) is 29.2 Å². The maximum atomic E-state index is 12.0. The van der Waals surface area contributed by atoms with Crippen molar-refractivity contribution < 1.29 is 9.59 Å². The van der Waals surface area contributed by atoms with Gasteiger partial charge in [-0.3, -0.25) is 9.59 Å². The van der Waals surface area contributed by atoms with Crippen LogP contribution in [0.2, 0.25) is 5.02 Å². The minimum absolute atomic E-state index is 0.418. The predicted molar refractivity (Wildman–Crippen MR) is 74.1 cm³/mol. The third-order valence-electron chi connectivity index (χ3n) is 2.94. The van der Waals surface area contributed by atoms with Gasteiger partial charge in [0, 0.05) is 19.6 Å². The lowest BCUT2D eigenvalue weighted by atomic mass is 10.3. The minimum Gasteiger partial charge on any atom is -0.333 e. The van der Waals surface area contributed by atoms with Crippen molar-refractivity contribution in [3.05, 3.63) is 29.3 Å². The molecule has 1 aromatic rings. The fourth-order valence-electron chi connectivity index (χ4n) is 1.93. The maximum absolute atomic E-state index is 12.0. The van der Waals surface area contributed by atoms with Crippen molar-refractivity contribution >= 4 is 29.1 Å². The molecule has 2 amide bonds. The molecule has 19 heavy (non-hydrogen) atoms. The van der Waals surface area contributed by atoms with E-state index in [0.29, 0.717) is 30.3 Å². The first-order valence-electron chi connectivity index (χ1n) is 6.24. The molecule has 1 fully saturated rings. The molecule has 6 heteroatoms. The maximum Gasteiger partial charge on any atom is 0.313 e. The summed E-state index contributed by atoms with van der Waals surface area (Å²) in [6, 6.07) is 6.84. The predicted octanol–water partition coefficient (Wildman–Crippen LogP) is 1.10. The number of nitrogens with zero attached hydrogens (tertiary/aromatic N) is 1. The van der Waals surface area contributed by atoms with Crippen LogP contribution in [0, 0.1) is 0 Å². The molecule has 5 nitrogen and oxygen atoms in total. The molecule has 0 aliphatic carbocycles. The number of carbonyl (C=O) groups excluding carboxylic acids is 2. The molecule has 2 rings (SSSR count). The van der Waals surface area contributed by atoms with Crippen LogP contribution in [0.4, 0.5) is 5.69 Å². The van der Waals surface area contributed by atoms with Crippen LogP contribution in [-0.4, -0.2) is 42.9 Å². The first-order chi connectivity index (χ1) is 9.18. The van der Waals surface area contributed by atoms with Crippen LogP contribution in [0.3, 0.4) is 0 Å². The lowest BCUT2D eigenvalue weighted by molar-refractivity contribution is -0.143. The summed E-state index contributed by atoms with van der Waals surface area (Å²) >= 11 is 5.94. The molecule has 1 aliphatic heterocycles. The second kappa shape index (κ2) is 6.54. The summed E-state index contributed by atoms with van der Waals surface area (Å²) in [7, 11) is 0. The number of para-hydroxylation sites is 1. The number of hydrogen-bond donors (Lipinski definition) is 2. The second-order valence-corrected chi connectivity index (χ2v) is 4.74. The van der Waals surface area contributed by atoms with Gasteiger partial charge in [0.1, 0.15) is 0 Å². The summed E-state index contributed by atoms with van der Waals surface area (Å²) in [6.07, 6.45) is 0.852. The van der Waals surface area contributed by atoms with Gasteiger partial charge < -0.3 is 15.5 Å². The zero-order chi connectivity index (χ0) is 13.7. The number of nitrogens with one attached hydrogen (secondary N) is 2. The Kier molecular flexibility index (Phi) is 4.76. The standard InChI is InChI=1S/C13H16ClN3O2/c14-10-4-1-2-5-11(10)16-12(18)13(19)17-8-3-6-15-7-9-17/h1-2,4-5,15H,3,6-9H2,(H,16,18). The Hall–Kier alpha value is -1.59. The smallest absolute Gasteiger partial charge is 0.313 e. The highest BCUT2D eigenvalue weighted by Gasteiger charge is 2.22. The Bertz CT molecular complexity index is 471. The first-order valence-corrected chi connectivity index (χ1v) is 6.62. The molecule has 0 radical (unpaired) electrons. The topological polar surface area (TPSA) is 61.4 Å². The first kappa shape index (κ1) is 13.8. The van der Waals surface area contributed by atoms with E-state index in [9.17, 15) is 9.59 Å². The molecule has 1 aliphatic rings. The summed E-state index contributed by atoms with van der Waals surface area (Å²) in [5, 5.41) is 6.15. The van der Waals surface area contributed by atoms with Crippen LogP contribution in [0.1, 0.15) is 6.42 Å². The number of amides is 2. The van der Waals surface area contributed by atoms with Crippen molar-refractivity contribution in [1.29, 1.82) is 0 Å². The van der Waals surface area contributed by atoms with E-state index in [1.807, 2.05) is 0 Å². The molecular weight excluding hydrogens is 266 g/mol. The normalized spacial score (nSPS) is 15.7. The van der Waals surface area contributed by atoms with Crippen molar-refractivity contribution in [1.82, 2.24) is 10.2 Å². The average molecular weight is 282 g/mol. The summed E-state index contributed by atoms with van der Waals surface area (Å²) in [5.74, 6) is -1.15. The molecule has 0 atom stereocenters. The fourth-order valence-corrected chi connectivity index (χ4v) is 2.11. The van der Waals surface area contributed by atoms with Gasteiger partial charge in [0.25, 0.3) is 0 Å². The monoisotopic (exact) mass is 281 g/mol. The SMILES string of the molecule is O=C(Nc1ccccc1Cl)C(=O)N1CCCNCC1. The van der Waals surface area contributed by atoms with E-state index in [2.05, 4.69) is 10.6 Å². The van der Waals surface area contributed by atoms with E-state index in [-0.39, 0.29) is 0 Å². The molecule has 1 heterocycles. The number of rotatable bonds is 1. The summed E-state index contributed by atoms with van der Waals surface area (Å²) in [6.45, 7) is 2.73. The number of halogens is 1. The van der Waals surface area contributed by atoms with E-state index in [0.717, 1.165) is 13.0 Å². The van der Waals surface area contributed by atoms with Crippen LogP contribution in [-0.2, 0) is 9.59 Å². The van der Waals surface area contributed by atoms with Gasteiger partial charge in [-0.15, -0.1) is 0 Å². The highest BCUT2D eigenvalue weighted by atomic mass is 35.5. The van der Waals surface area contributed by atoms with Crippen LogP contribution >= 0.6 is 11.6 Å². The van der Waals surface area contributed by atoms with Crippen LogP contribution < -0.4 is 10.6 Å². The van der Waals surface area contributed by atoms with E-state index in [4.69, 9.17) is 11.6 Å². The van der Waals surface area contributed by atoms with Crippen LogP contribution in [0.25, 0.3) is 0 Å². The van der Waals surface area contributed by atoms with E-state index < -0.39 is 11.8 Å². The van der Waals surface area contributed by atoms with Gasteiger partial charge >= 0.3 is 11.8 Å². The van der Waals surface area contributed by atoms with Gasteiger partial charge in [0.05, 0.1) is 10.7 Å². The van der Waals surface area contributed by atoms with Crippen molar-refractivity contribution in [2.45, 2.75) is 6.42 Å². The van der Waals surface area contributed by atoms with Crippen molar-refractivity contribution in [3.8, 4) is 0 Å². The Morgan fingerprint density at radius 1 is 1.21 bits per heavy atom. The fraction of sp³-hybridized carbons (Fsp3) is 0.385. The molecule has 0 aromatic heterocycles. The molecule has 1 aromatic carbocycles. The summed E-state index contributed by atoms with van der Waals surface area (Å²) in [4.78, 5) is 25.5. The Morgan fingerprint density at radius 3 is 2.79 bits per heavy atom. The summed E-state index contributed by atoms with van der Waals surface area (Å²) < 4.78 is 0. The van der Waals surface area contributed by atoms with Crippen molar-refractivity contribution in [3.63, 3.8) is 0 Å². The molecule has 0 saturated carbocycles. The third-order valence-corrected chi connectivity index (χ3v) is 3.27. The molecule has 1 saturated heterocycles. The average Bonchev–Trinajstić information content (AvgIpc) is 2.69. The molecule has 102 valence electrons. The zero-order valence-electron chi connectivity index (χ0n) is 10.5. The van der Waals surface area contributed by atoms with E-state index >= 15 is 0 Å². The zero-order valence-corrected chi connectivity index (χ0v) is 11.2. The molecular formula is C13H16ClN3O2. The third kappa shape index (κ3) is 3.68. The lowest BCUT2D eigenvalue weighted by Gasteiger charge is -2.19. The molecule has 2 N–H and O–H groups in total. The van der Waals surface area contributed by atoms with E-state index in [1.165, 1.54) is 0 Å². The Morgan fingerprint density at radius 2 is 2.00 bits per heavy atom. The lowest BCUT2D eigenvalue weighted by Crippen LogP contribution is -2.41. The van der Waals surface area contributed by atoms with Gasteiger partial charge in [-0.05, 0) is 25.1 Å². The van der Waals surface area contributed by atoms with Crippen molar-refractivity contribution in [2.75, 3.05) is 31.5 Å². The molecule has 0 unspecified atom stereocenters. The van der Waals surface area contributed by atoms with Gasteiger partial charge in [-0.1, -0.05) is 23.7 Å². The largest absolute Gasteiger partial charge is 0.333 e. The number of hydrogen-bond acceptors (Lipinski definition) is 3. The van der Waals surface area contributed by atoms with Crippen LogP contribution in [0.15, 0.2) is 24.3 Å². The number of benzene rings is 1. The highest BCUT2D eigenvalue weighted by molar-refractivity contribution is 6.41. The van der Waals surface area contributed by atoms with Gasteiger partial charge in [-0.25, -0.2) is 0 Å². The Labute approximate surface area is 116 Å². The number of anilines is 1. The molecule has 0 bridgehead atoms. The highest BCUT2D eigenvalue weighted by Crippen LogP contribution is 2.20. The summed E-state index contributed by atoms with van der Waals surface area (Å²) in [5.41, 5.74) is 0.454. The second-order valence-electron chi connectivity index (χ2n) is 4.33.